The number of hydrogen-bond donors (Lipinski definition) is 0. The van der Waals surface area contributed by atoms with Gasteiger partial charge in [0, 0.05) is 16.7 Å². The molecule has 0 N–H and O–H groups in total. The first kappa shape index (κ1) is 34.5. The standard InChI is InChI=1S/C55H41NO/c1-3-52(39-22-11-6-12-23-39)56-53-51-35-43(37-18-7-4-8-19-37)34-49(38-20-9-5-10-21-38)55(51)57-54(53)36(2)40-24-17-25-41(32-40)42-30-31-48-46-28-14-13-26-44(46)45-27-15-16-29-47(45)50(48)33-42/h4-35,52H,3H2,1-2H3/b54-36-,56-53?. The molecule has 1 aliphatic rings. The molecule has 1 aliphatic heterocycles. The number of hydrogen-bond acceptors (Lipinski definition) is 2. The lowest BCUT2D eigenvalue weighted by atomic mass is 9.91. The normalized spacial score (nSPS) is 14.5. The van der Waals surface area contributed by atoms with Crippen LogP contribution < -0.4 is 4.74 Å². The van der Waals surface area contributed by atoms with E-state index in [1.165, 1.54) is 43.4 Å². The van der Waals surface area contributed by atoms with E-state index in [1.54, 1.807) is 0 Å². The number of aliphatic imine (C=N–C) groups is 1. The highest BCUT2D eigenvalue weighted by atomic mass is 16.5. The molecular formula is C55H41NO. The molecule has 0 saturated heterocycles. The maximum absolute atomic E-state index is 7.13. The second kappa shape index (κ2) is 14.6. The van der Waals surface area contributed by atoms with Gasteiger partial charge in [-0.05, 0) is 109 Å². The molecule has 0 aromatic heterocycles. The largest absolute Gasteiger partial charge is 0.453 e. The van der Waals surface area contributed by atoms with Gasteiger partial charge in [-0.15, -0.1) is 0 Å². The van der Waals surface area contributed by atoms with Gasteiger partial charge in [0.15, 0.2) is 5.76 Å². The molecule has 0 spiro atoms. The number of fused-ring (bicyclic) bond motifs is 7. The molecule has 2 heteroatoms. The van der Waals surface area contributed by atoms with Crippen LogP contribution in [0.15, 0.2) is 205 Å². The zero-order valence-corrected chi connectivity index (χ0v) is 32.1. The fraction of sp³-hybridized carbons (Fsp3) is 0.0727. The van der Waals surface area contributed by atoms with Gasteiger partial charge in [0.1, 0.15) is 11.5 Å². The van der Waals surface area contributed by atoms with E-state index in [1.807, 2.05) is 0 Å². The Balaban J connectivity index is 1.15. The first-order valence-electron chi connectivity index (χ1n) is 19.9. The lowest BCUT2D eigenvalue weighted by Crippen LogP contribution is -2.07. The van der Waals surface area contributed by atoms with Crippen LogP contribution in [-0.4, -0.2) is 5.71 Å². The quantitative estimate of drug-likeness (QED) is 0.150. The van der Waals surface area contributed by atoms with Crippen LogP contribution in [0.1, 0.15) is 43.0 Å². The average molecular weight is 732 g/mol. The summed E-state index contributed by atoms with van der Waals surface area (Å²) in [5.74, 6) is 1.65. The number of rotatable bonds is 7. The van der Waals surface area contributed by atoms with Gasteiger partial charge in [0.25, 0.3) is 0 Å². The lowest BCUT2D eigenvalue weighted by Gasteiger charge is -2.14. The Kier molecular flexibility index (Phi) is 8.80. The van der Waals surface area contributed by atoms with Crippen LogP contribution in [0, 0.1) is 0 Å². The van der Waals surface area contributed by atoms with Crippen LogP contribution in [0.3, 0.4) is 0 Å². The van der Waals surface area contributed by atoms with Gasteiger partial charge in [-0.25, -0.2) is 0 Å². The van der Waals surface area contributed by atoms with Gasteiger partial charge in [-0.2, -0.15) is 0 Å². The van der Waals surface area contributed by atoms with Crippen molar-refractivity contribution in [3.63, 3.8) is 0 Å². The summed E-state index contributed by atoms with van der Waals surface area (Å²) in [6.07, 6.45) is 0.862. The smallest absolute Gasteiger partial charge is 0.156 e. The molecule has 9 aromatic carbocycles. The summed E-state index contributed by atoms with van der Waals surface area (Å²) in [6.45, 7) is 4.39. The molecular weight excluding hydrogens is 691 g/mol. The predicted octanol–water partition coefficient (Wildman–Crippen LogP) is 14.9. The highest BCUT2D eigenvalue weighted by Gasteiger charge is 2.32. The summed E-state index contributed by atoms with van der Waals surface area (Å²) in [6, 6.07) is 69.6. The Bertz CT molecular complexity index is 2980. The summed E-state index contributed by atoms with van der Waals surface area (Å²) < 4.78 is 7.13. The molecule has 2 nitrogen and oxygen atoms in total. The van der Waals surface area contributed by atoms with Gasteiger partial charge >= 0.3 is 0 Å². The Morgan fingerprint density at radius 3 is 1.63 bits per heavy atom. The van der Waals surface area contributed by atoms with Crippen molar-refractivity contribution in [3.05, 3.63) is 217 Å². The predicted molar refractivity (Wildman–Crippen MR) is 241 cm³/mol. The van der Waals surface area contributed by atoms with E-state index in [9.17, 15) is 0 Å². The molecule has 10 rings (SSSR count). The van der Waals surface area contributed by atoms with Crippen molar-refractivity contribution >= 4 is 43.6 Å². The highest BCUT2D eigenvalue weighted by molar-refractivity contribution is 6.26. The van der Waals surface area contributed by atoms with Gasteiger partial charge in [-0.1, -0.05) is 177 Å². The number of allylic oxidation sites excluding steroid dienone is 2. The molecule has 0 radical (unpaired) electrons. The second-order valence-corrected chi connectivity index (χ2v) is 14.9. The molecule has 1 unspecified atom stereocenters. The molecule has 0 saturated carbocycles. The van der Waals surface area contributed by atoms with Crippen LogP contribution in [0.4, 0.5) is 0 Å². The lowest BCUT2D eigenvalue weighted by molar-refractivity contribution is 0.472. The van der Waals surface area contributed by atoms with Gasteiger partial charge < -0.3 is 4.74 Å². The van der Waals surface area contributed by atoms with Crippen molar-refractivity contribution in [3.8, 4) is 39.1 Å². The minimum absolute atomic E-state index is 0.0334. The van der Waals surface area contributed by atoms with E-state index >= 15 is 0 Å². The van der Waals surface area contributed by atoms with Crippen molar-refractivity contribution in [2.45, 2.75) is 26.3 Å². The summed E-state index contributed by atoms with van der Waals surface area (Å²) in [4.78, 5) is 5.61. The minimum atomic E-state index is -0.0334. The van der Waals surface area contributed by atoms with Gasteiger partial charge in [0.05, 0.1) is 6.04 Å². The molecule has 0 bridgehead atoms. The molecule has 57 heavy (non-hydrogen) atoms. The highest BCUT2D eigenvalue weighted by Crippen LogP contribution is 2.46. The molecule has 0 amide bonds. The minimum Gasteiger partial charge on any atom is -0.453 e. The van der Waals surface area contributed by atoms with Crippen molar-refractivity contribution in [1.82, 2.24) is 0 Å². The SMILES string of the molecule is CCC(N=C1/C(=C(\C)c2cccc(-c3ccc4c5ccccc5c5ccccc5c4c3)c2)Oc2c1cc(-c1ccccc1)cc2-c1ccccc1)c1ccccc1. The summed E-state index contributed by atoms with van der Waals surface area (Å²) in [5, 5.41) is 7.66. The molecule has 272 valence electrons. The number of ether oxygens (including phenoxy) is 1. The summed E-state index contributed by atoms with van der Waals surface area (Å²) >= 11 is 0. The third kappa shape index (κ3) is 6.20. The van der Waals surface area contributed by atoms with E-state index < -0.39 is 0 Å². The third-order valence-electron chi connectivity index (χ3n) is 11.5. The Labute approximate surface area is 334 Å². The monoisotopic (exact) mass is 731 g/mol. The fourth-order valence-corrected chi connectivity index (χ4v) is 8.58. The zero-order valence-electron chi connectivity index (χ0n) is 32.1. The fourth-order valence-electron chi connectivity index (χ4n) is 8.58. The second-order valence-electron chi connectivity index (χ2n) is 14.9. The van der Waals surface area contributed by atoms with Crippen LogP contribution in [0.2, 0.25) is 0 Å². The van der Waals surface area contributed by atoms with Crippen LogP contribution in [-0.2, 0) is 0 Å². The maximum Gasteiger partial charge on any atom is 0.156 e. The van der Waals surface area contributed by atoms with Gasteiger partial charge in [-0.3, -0.25) is 4.99 Å². The third-order valence-corrected chi connectivity index (χ3v) is 11.5. The van der Waals surface area contributed by atoms with Crippen molar-refractivity contribution in [1.29, 1.82) is 0 Å². The van der Waals surface area contributed by atoms with Crippen molar-refractivity contribution in [2.75, 3.05) is 0 Å². The van der Waals surface area contributed by atoms with Gasteiger partial charge in [0.2, 0.25) is 0 Å². The summed E-state index contributed by atoms with van der Waals surface area (Å²) in [5.41, 5.74) is 12.0. The van der Waals surface area contributed by atoms with E-state index in [0.717, 1.165) is 68.2 Å². The Morgan fingerprint density at radius 2 is 0.982 bits per heavy atom. The number of nitrogens with zero attached hydrogens (tertiary/aromatic N) is 1. The van der Waals surface area contributed by atoms with E-state index in [2.05, 4.69) is 208 Å². The van der Waals surface area contributed by atoms with E-state index in [0.29, 0.717) is 0 Å². The molecule has 1 atom stereocenters. The summed E-state index contributed by atoms with van der Waals surface area (Å²) in [7, 11) is 0. The first-order chi connectivity index (χ1) is 28.1. The number of benzene rings is 9. The molecule has 0 fully saturated rings. The van der Waals surface area contributed by atoms with Crippen LogP contribution in [0.25, 0.3) is 71.3 Å². The zero-order chi connectivity index (χ0) is 38.3. The van der Waals surface area contributed by atoms with Crippen molar-refractivity contribution in [2.24, 2.45) is 4.99 Å². The first-order valence-corrected chi connectivity index (χ1v) is 19.9. The van der Waals surface area contributed by atoms with Crippen molar-refractivity contribution < 1.29 is 4.74 Å². The van der Waals surface area contributed by atoms with Crippen LogP contribution >= 0.6 is 0 Å². The molecule has 0 aliphatic carbocycles. The molecule has 1 heterocycles. The van der Waals surface area contributed by atoms with E-state index in [4.69, 9.17) is 9.73 Å². The Hall–Kier alpha value is -7.03. The molecule has 9 aromatic rings. The van der Waals surface area contributed by atoms with E-state index in [-0.39, 0.29) is 6.04 Å². The van der Waals surface area contributed by atoms with Crippen LogP contribution in [0.5, 0.6) is 5.75 Å². The topological polar surface area (TPSA) is 21.6 Å². The average Bonchev–Trinajstić information content (AvgIpc) is 3.66. The maximum atomic E-state index is 7.13. The Morgan fingerprint density at radius 1 is 0.456 bits per heavy atom.